The number of imidazole rings is 1. The highest BCUT2D eigenvalue weighted by molar-refractivity contribution is 7.53. The van der Waals surface area contributed by atoms with Crippen molar-refractivity contribution >= 4 is 36.8 Å². The fourth-order valence-corrected chi connectivity index (χ4v) is 5.44. The Labute approximate surface area is 195 Å². The zero-order valence-corrected chi connectivity index (χ0v) is 20.3. The number of rotatable bonds is 13. The fraction of sp³-hybridized carbons (Fsp3) is 0.500. The van der Waals surface area contributed by atoms with Crippen molar-refractivity contribution in [3.8, 4) is 5.75 Å². The topological polar surface area (TPSA) is 103 Å². The molecule has 14 heteroatoms. The second-order valence-corrected chi connectivity index (χ2v) is 10.2. The van der Waals surface area contributed by atoms with E-state index in [1.165, 1.54) is 39.3 Å². The summed E-state index contributed by atoms with van der Waals surface area (Å²) in [5, 5.41) is 10.9. The van der Waals surface area contributed by atoms with Gasteiger partial charge < -0.3 is 19.4 Å². The second-order valence-electron chi connectivity index (χ2n) is 6.82. The van der Waals surface area contributed by atoms with Gasteiger partial charge in [-0.1, -0.05) is 11.1 Å². The Balaban J connectivity index is 2.07. The van der Waals surface area contributed by atoms with E-state index in [9.17, 15) is 19.1 Å². The van der Waals surface area contributed by atoms with Crippen molar-refractivity contribution in [2.24, 2.45) is 7.05 Å². The Kier molecular flexibility index (Phi) is 9.87. The van der Waals surface area contributed by atoms with Crippen LogP contribution < -0.4 is 4.74 Å². The first-order valence-corrected chi connectivity index (χ1v) is 12.1. The van der Waals surface area contributed by atoms with Crippen LogP contribution in [0.25, 0.3) is 0 Å². The van der Waals surface area contributed by atoms with E-state index in [4.69, 9.17) is 32.5 Å². The summed E-state index contributed by atoms with van der Waals surface area (Å²) in [6.07, 6.45) is 1.30. The second kappa shape index (κ2) is 11.9. The van der Waals surface area contributed by atoms with Gasteiger partial charge in [-0.05, 0) is 36.7 Å². The molecule has 10 nitrogen and oxygen atoms in total. The maximum Gasteiger partial charge on any atom is 0.434 e. The summed E-state index contributed by atoms with van der Waals surface area (Å²) < 4.78 is 43.4. The lowest BCUT2D eigenvalue weighted by Crippen LogP contribution is -2.30. The number of alkyl halides is 2. The molecule has 2 rings (SSSR count). The highest BCUT2D eigenvalue weighted by Crippen LogP contribution is 2.53. The SMILES string of the molecule is CN(CCCl)P(=O)(OCc1ccc(OCc2cnc([N+](=O)[O-])n2C)c(F)c1)N(C)CCCl. The first-order valence-electron chi connectivity index (χ1n) is 9.50. The predicted octanol–water partition coefficient (Wildman–Crippen LogP) is 4.01. The van der Waals surface area contributed by atoms with Crippen molar-refractivity contribution in [2.45, 2.75) is 13.2 Å². The molecule has 0 saturated carbocycles. The molecule has 0 atom stereocenters. The van der Waals surface area contributed by atoms with Gasteiger partial charge in [-0.15, -0.1) is 23.2 Å². The molecule has 0 unspecified atom stereocenters. The van der Waals surface area contributed by atoms with E-state index in [2.05, 4.69) is 4.98 Å². The van der Waals surface area contributed by atoms with Gasteiger partial charge in [-0.25, -0.2) is 18.3 Å². The van der Waals surface area contributed by atoms with Gasteiger partial charge in [-0.3, -0.25) is 4.57 Å². The van der Waals surface area contributed by atoms with Gasteiger partial charge in [0.1, 0.15) is 12.8 Å². The first-order chi connectivity index (χ1) is 15.1. The van der Waals surface area contributed by atoms with Gasteiger partial charge in [0.2, 0.25) is 0 Å². The van der Waals surface area contributed by atoms with Crippen LogP contribution in [0.3, 0.4) is 0 Å². The van der Waals surface area contributed by atoms with Crippen molar-refractivity contribution in [2.75, 3.05) is 38.9 Å². The molecule has 1 aromatic carbocycles. The fourth-order valence-electron chi connectivity index (χ4n) is 2.75. The predicted molar refractivity (Wildman–Crippen MR) is 120 cm³/mol. The minimum atomic E-state index is -3.41. The van der Waals surface area contributed by atoms with Gasteiger partial charge >= 0.3 is 13.6 Å². The van der Waals surface area contributed by atoms with E-state index in [0.717, 1.165) is 0 Å². The molecule has 0 N–H and O–H groups in total. The molecule has 2 aromatic rings. The minimum Gasteiger partial charge on any atom is -0.483 e. The Morgan fingerprint density at radius 1 is 1.22 bits per heavy atom. The third kappa shape index (κ3) is 6.40. The molecule has 32 heavy (non-hydrogen) atoms. The first kappa shape index (κ1) is 26.5. The molecule has 1 heterocycles. The van der Waals surface area contributed by atoms with Crippen molar-refractivity contribution in [3.05, 3.63) is 51.6 Å². The molecule has 0 spiro atoms. The number of halogens is 3. The lowest BCUT2D eigenvalue weighted by Gasteiger charge is -2.33. The summed E-state index contributed by atoms with van der Waals surface area (Å²) in [4.78, 5) is 13.9. The maximum atomic E-state index is 14.5. The quantitative estimate of drug-likeness (QED) is 0.172. The van der Waals surface area contributed by atoms with Crippen LogP contribution >= 0.6 is 30.9 Å². The number of nitrogens with zero attached hydrogens (tertiary/aromatic N) is 5. The highest BCUT2D eigenvalue weighted by atomic mass is 35.5. The summed E-state index contributed by atoms with van der Waals surface area (Å²) >= 11 is 11.5. The Hall–Kier alpha value is -1.75. The highest BCUT2D eigenvalue weighted by Gasteiger charge is 2.34. The average molecular weight is 512 g/mol. The van der Waals surface area contributed by atoms with Crippen LogP contribution in [-0.4, -0.2) is 62.8 Å². The van der Waals surface area contributed by atoms with E-state index >= 15 is 0 Å². The molecule has 0 saturated heterocycles. The van der Waals surface area contributed by atoms with Crippen LogP contribution in [0.5, 0.6) is 5.75 Å². The molecule has 1 aromatic heterocycles. The van der Waals surface area contributed by atoms with Gasteiger partial charge in [0, 0.05) is 24.8 Å². The van der Waals surface area contributed by atoms with Crippen LogP contribution in [0.1, 0.15) is 11.3 Å². The molecule has 0 aliphatic carbocycles. The van der Waals surface area contributed by atoms with E-state index in [1.807, 2.05) is 0 Å². The van der Waals surface area contributed by atoms with Crippen molar-refractivity contribution in [1.29, 1.82) is 0 Å². The Bertz CT molecular complexity index is 963. The van der Waals surface area contributed by atoms with E-state index in [0.29, 0.717) is 24.3 Å². The lowest BCUT2D eigenvalue weighted by atomic mass is 10.2. The monoisotopic (exact) mass is 511 g/mol. The summed E-state index contributed by atoms with van der Waals surface area (Å²) in [6, 6.07) is 4.21. The van der Waals surface area contributed by atoms with Gasteiger partial charge in [0.25, 0.3) is 0 Å². The summed E-state index contributed by atoms with van der Waals surface area (Å²) in [5.74, 6) is -0.502. The van der Waals surface area contributed by atoms with Crippen molar-refractivity contribution in [3.63, 3.8) is 0 Å². The smallest absolute Gasteiger partial charge is 0.434 e. The van der Waals surface area contributed by atoms with E-state index < -0.39 is 18.4 Å². The van der Waals surface area contributed by atoms with Crippen LogP contribution in [-0.2, 0) is 29.4 Å². The molecule has 178 valence electrons. The van der Waals surface area contributed by atoms with Crippen molar-refractivity contribution < 1.29 is 23.1 Å². The largest absolute Gasteiger partial charge is 0.483 e. The zero-order valence-electron chi connectivity index (χ0n) is 17.9. The number of nitro groups is 1. The van der Waals surface area contributed by atoms with Crippen molar-refractivity contribution in [1.82, 2.24) is 18.9 Å². The molecule has 0 radical (unpaired) electrons. The molecule has 0 aliphatic heterocycles. The van der Waals surface area contributed by atoms with Crippen LogP contribution in [0.15, 0.2) is 24.4 Å². The third-order valence-corrected chi connectivity index (χ3v) is 7.60. The number of hydrogen-bond donors (Lipinski definition) is 0. The maximum absolute atomic E-state index is 14.5. The summed E-state index contributed by atoms with van der Waals surface area (Å²) in [6.45, 7) is 0.449. The summed E-state index contributed by atoms with van der Waals surface area (Å²) in [7, 11) is 1.33. The molecule has 0 aliphatic rings. The number of hydrogen-bond acceptors (Lipinski definition) is 6. The Morgan fingerprint density at radius 2 is 1.84 bits per heavy atom. The van der Waals surface area contributed by atoms with Gasteiger partial charge in [-0.2, -0.15) is 0 Å². The third-order valence-electron chi connectivity index (χ3n) is 4.67. The molecule has 0 amide bonds. The minimum absolute atomic E-state index is 0.0423. The average Bonchev–Trinajstić information content (AvgIpc) is 3.12. The van der Waals surface area contributed by atoms with E-state index in [-0.39, 0.29) is 36.7 Å². The number of benzene rings is 1. The van der Waals surface area contributed by atoms with Crippen LogP contribution in [0.2, 0.25) is 0 Å². The van der Waals surface area contributed by atoms with Gasteiger partial charge in [0.05, 0.1) is 13.7 Å². The standard InChI is InChI=1S/C18H25Cl2FN5O5P/c1-23(8-6-19)32(29,24(2)9-7-20)31-12-14-4-5-17(16(21)10-14)30-13-15-11-22-18(25(15)3)26(27)28/h4-5,10-11H,6-9,12-13H2,1-3H3. The lowest BCUT2D eigenvalue weighted by molar-refractivity contribution is -0.396. The zero-order chi connectivity index (χ0) is 23.9. The van der Waals surface area contributed by atoms with Gasteiger partial charge in [0.15, 0.2) is 17.3 Å². The molecule has 0 fully saturated rings. The molecule has 0 bridgehead atoms. The molecular formula is C18H25Cl2FN5O5P. The summed E-state index contributed by atoms with van der Waals surface area (Å²) in [5.41, 5.74) is 0.860. The van der Waals surface area contributed by atoms with E-state index in [1.54, 1.807) is 20.2 Å². The number of ether oxygens (including phenoxy) is 1. The number of aromatic nitrogens is 2. The molecular weight excluding hydrogens is 487 g/mol. The van der Waals surface area contributed by atoms with Crippen LogP contribution in [0, 0.1) is 15.9 Å². The Morgan fingerprint density at radius 3 is 2.34 bits per heavy atom. The van der Waals surface area contributed by atoms with Crippen LogP contribution in [0.4, 0.5) is 10.3 Å². The normalized spacial score (nSPS) is 12.0.